The predicted molar refractivity (Wildman–Crippen MR) is 126 cm³/mol. The zero-order chi connectivity index (χ0) is 22.8. The molecule has 3 saturated heterocycles. The van der Waals surface area contributed by atoms with Gasteiger partial charge in [-0.15, -0.1) is 0 Å². The van der Waals surface area contributed by atoms with Gasteiger partial charge in [-0.1, -0.05) is 57.2 Å². The van der Waals surface area contributed by atoms with Crippen LogP contribution in [0.2, 0.25) is 0 Å². The van der Waals surface area contributed by atoms with Crippen LogP contribution in [0.1, 0.15) is 79.1 Å². The number of hydrogen-bond donors (Lipinski definition) is 1. The third-order valence-corrected chi connectivity index (χ3v) is 8.28. The summed E-state index contributed by atoms with van der Waals surface area (Å²) in [5.41, 5.74) is -1.71. The lowest BCUT2D eigenvalue weighted by atomic mass is 9.70. The van der Waals surface area contributed by atoms with Crippen LogP contribution < -0.4 is 0 Å². The molecule has 0 radical (unpaired) electrons. The molecule has 8 atom stereocenters. The van der Waals surface area contributed by atoms with E-state index in [1.54, 1.807) is 0 Å². The van der Waals surface area contributed by atoms with Gasteiger partial charge in [-0.05, 0) is 45.4 Å². The van der Waals surface area contributed by atoms with E-state index >= 15 is 0 Å². The van der Waals surface area contributed by atoms with Crippen molar-refractivity contribution in [3.05, 3.63) is 36.5 Å². The van der Waals surface area contributed by atoms with Crippen LogP contribution in [0.4, 0.5) is 0 Å². The fraction of sp³-hybridized carbons (Fsp3) is 0.778. The van der Waals surface area contributed by atoms with Crippen LogP contribution in [0.5, 0.6) is 0 Å². The number of fused-ring (bicyclic) bond motifs is 3. The van der Waals surface area contributed by atoms with Crippen molar-refractivity contribution < 1.29 is 24.1 Å². The van der Waals surface area contributed by atoms with E-state index in [0.717, 1.165) is 51.6 Å². The number of ether oxygens (including phenoxy) is 4. The highest BCUT2D eigenvalue weighted by Gasteiger charge is 2.60. The van der Waals surface area contributed by atoms with E-state index in [4.69, 9.17) is 18.9 Å². The molecule has 5 heteroatoms. The van der Waals surface area contributed by atoms with E-state index in [1.165, 1.54) is 0 Å². The Hall–Kier alpha value is -0.980. The van der Waals surface area contributed by atoms with Gasteiger partial charge in [-0.3, -0.25) is 0 Å². The molecule has 32 heavy (non-hydrogen) atoms. The summed E-state index contributed by atoms with van der Waals surface area (Å²) in [6.45, 7) is 9.19. The van der Waals surface area contributed by atoms with E-state index in [0.29, 0.717) is 6.42 Å². The quantitative estimate of drug-likeness (QED) is 0.474. The highest BCUT2D eigenvalue weighted by Crippen LogP contribution is 2.51. The largest absolute Gasteiger partial charge is 0.383 e. The zero-order valence-corrected chi connectivity index (χ0v) is 20.3. The molecule has 8 unspecified atom stereocenters. The SMILES string of the molecule is C/C=C\C=C/C1OC2CC3OC4CCCCOC4(CC)CC3(CC)OC2C=CC1(O)CC. The van der Waals surface area contributed by atoms with E-state index in [-0.39, 0.29) is 30.0 Å². The number of hydrogen-bond acceptors (Lipinski definition) is 5. The Kier molecular flexibility index (Phi) is 7.33. The average molecular weight is 447 g/mol. The van der Waals surface area contributed by atoms with Gasteiger partial charge in [0.25, 0.3) is 0 Å². The molecular formula is C27H42O5. The first-order valence-corrected chi connectivity index (χ1v) is 12.8. The van der Waals surface area contributed by atoms with Gasteiger partial charge in [0.2, 0.25) is 0 Å². The first-order chi connectivity index (χ1) is 15.4. The Morgan fingerprint density at radius 2 is 1.81 bits per heavy atom. The van der Waals surface area contributed by atoms with Gasteiger partial charge in [0, 0.05) is 19.4 Å². The van der Waals surface area contributed by atoms with Crippen molar-refractivity contribution >= 4 is 0 Å². The molecule has 4 aliphatic heterocycles. The Balaban J connectivity index is 1.63. The van der Waals surface area contributed by atoms with Crippen molar-refractivity contribution in [2.45, 2.75) is 126 Å². The van der Waals surface area contributed by atoms with Crippen LogP contribution in [-0.2, 0) is 18.9 Å². The maximum absolute atomic E-state index is 11.3. The van der Waals surface area contributed by atoms with Crippen molar-refractivity contribution in [1.82, 2.24) is 0 Å². The average Bonchev–Trinajstić information content (AvgIpc) is 3.09. The van der Waals surface area contributed by atoms with E-state index in [2.05, 4.69) is 13.8 Å². The number of rotatable bonds is 5. The van der Waals surface area contributed by atoms with Crippen LogP contribution in [0.25, 0.3) is 0 Å². The van der Waals surface area contributed by atoms with Crippen molar-refractivity contribution in [3.8, 4) is 0 Å². The van der Waals surface area contributed by atoms with Gasteiger partial charge < -0.3 is 24.1 Å². The molecule has 5 nitrogen and oxygen atoms in total. The van der Waals surface area contributed by atoms with E-state index in [9.17, 15) is 5.11 Å². The molecule has 0 bridgehead atoms. The molecule has 0 amide bonds. The highest BCUT2D eigenvalue weighted by molar-refractivity contribution is 5.20. The zero-order valence-electron chi connectivity index (χ0n) is 20.3. The van der Waals surface area contributed by atoms with Crippen molar-refractivity contribution in [2.24, 2.45) is 0 Å². The fourth-order valence-corrected chi connectivity index (χ4v) is 6.10. The molecule has 0 spiro atoms. The molecule has 0 aromatic rings. The summed E-state index contributed by atoms with van der Waals surface area (Å²) in [6, 6.07) is 0. The molecule has 4 aliphatic rings. The first-order valence-electron chi connectivity index (χ1n) is 12.8. The van der Waals surface area contributed by atoms with Gasteiger partial charge in [-0.2, -0.15) is 0 Å². The molecule has 1 N–H and O–H groups in total. The lowest BCUT2D eigenvalue weighted by Crippen LogP contribution is -2.67. The minimum Gasteiger partial charge on any atom is -0.383 e. The highest BCUT2D eigenvalue weighted by atomic mass is 16.6. The van der Waals surface area contributed by atoms with Gasteiger partial charge in [0.05, 0.1) is 29.5 Å². The summed E-state index contributed by atoms with van der Waals surface area (Å²) in [5, 5.41) is 11.3. The normalized spacial score (nSPS) is 47.0. The molecule has 4 rings (SSSR count). The van der Waals surface area contributed by atoms with Crippen LogP contribution in [-0.4, -0.2) is 59.0 Å². The van der Waals surface area contributed by atoms with Crippen molar-refractivity contribution in [2.75, 3.05) is 6.61 Å². The van der Waals surface area contributed by atoms with E-state index < -0.39 is 17.3 Å². The topological polar surface area (TPSA) is 57.2 Å². The number of aliphatic hydroxyl groups is 1. The third kappa shape index (κ3) is 4.27. The Labute approximate surface area is 193 Å². The van der Waals surface area contributed by atoms with Crippen LogP contribution >= 0.6 is 0 Å². The first kappa shape index (κ1) is 24.2. The lowest BCUT2D eigenvalue weighted by molar-refractivity contribution is -0.320. The second-order valence-electron chi connectivity index (χ2n) is 10.00. The summed E-state index contributed by atoms with van der Waals surface area (Å²) in [4.78, 5) is 0. The second-order valence-corrected chi connectivity index (χ2v) is 10.00. The molecule has 4 heterocycles. The number of allylic oxidation sites excluding steroid dienone is 3. The maximum atomic E-state index is 11.3. The predicted octanol–water partition coefficient (Wildman–Crippen LogP) is 5.03. The van der Waals surface area contributed by atoms with Gasteiger partial charge in [-0.25, -0.2) is 0 Å². The van der Waals surface area contributed by atoms with Crippen LogP contribution in [0.3, 0.4) is 0 Å². The molecule has 0 aliphatic carbocycles. The minimum atomic E-state index is -1.05. The van der Waals surface area contributed by atoms with Crippen molar-refractivity contribution in [1.29, 1.82) is 0 Å². The molecular weight excluding hydrogens is 404 g/mol. The van der Waals surface area contributed by atoms with E-state index in [1.807, 2.05) is 50.3 Å². The minimum absolute atomic E-state index is 0.0264. The van der Waals surface area contributed by atoms with Gasteiger partial charge in [0.1, 0.15) is 17.8 Å². The van der Waals surface area contributed by atoms with Gasteiger partial charge in [0.15, 0.2) is 0 Å². The fourth-order valence-electron chi connectivity index (χ4n) is 6.10. The smallest absolute Gasteiger partial charge is 0.112 e. The third-order valence-electron chi connectivity index (χ3n) is 8.28. The van der Waals surface area contributed by atoms with Crippen LogP contribution in [0, 0.1) is 0 Å². The summed E-state index contributed by atoms with van der Waals surface area (Å²) in [5.74, 6) is 0. The van der Waals surface area contributed by atoms with Crippen LogP contribution in [0.15, 0.2) is 36.5 Å². The second kappa shape index (κ2) is 9.71. The maximum Gasteiger partial charge on any atom is 0.112 e. The van der Waals surface area contributed by atoms with Crippen molar-refractivity contribution in [3.63, 3.8) is 0 Å². The molecule has 0 saturated carbocycles. The summed E-state index contributed by atoms with van der Waals surface area (Å²) < 4.78 is 26.7. The van der Waals surface area contributed by atoms with Gasteiger partial charge >= 0.3 is 0 Å². The summed E-state index contributed by atoms with van der Waals surface area (Å²) in [7, 11) is 0. The standard InChI is InChI=1S/C27H42O5/c1-5-9-10-13-22-25(28,6-2)16-15-20-21(30-22)18-24-27(8-4,32-20)19-26(7-3)23(31-24)14-11-12-17-29-26/h5,9-10,13,15-16,20-24,28H,6-8,11-12,14,17-19H2,1-4H3/b9-5-,13-10-. The Bertz CT molecular complexity index is 732. The molecule has 3 fully saturated rings. The Morgan fingerprint density at radius 3 is 2.53 bits per heavy atom. The molecule has 180 valence electrons. The monoisotopic (exact) mass is 446 g/mol. The molecule has 0 aromatic heterocycles. The summed E-state index contributed by atoms with van der Waals surface area (Å²) >= 11 is 0. The molecule has 0 aromatic carbocycles. The summed E-state index contributed by atoms with van der Waals surface area (Å²) in [6.07, 6.45) is 18.4. The Morgan fingerprint density at radius 1 is 1.00 bits per heavy atom. The lowest BCUT2D eigenvalue weighted by Gasteiger charge is -2.58.